The Morgan fingerprint density at radius 2 is 2.31 bits per heavy atom. The summed E-state index contributed by atoms with van der Waals surface area (Å²) in [5.41, 5.74) is 0.209. The van der Waals surface area contributed by atoms with E-state index in [1.807, 2.05) is 0 Å². The van der Waals surface area contributed by atoms with Gasteiger partial charge in [0.15, 0.2) is 0 Å². The maximum atomic E-state index is 10.7. The number of carbonyl (C=O) groups is 1. The Kier molecular flexibility index (Phi) is 3.58. The van der Waals surface area contributed by atoms with Crippen molar-refractivity contribution in [2.45, 2.75) is 13.0 Å². The molecule has 16 heavy (non-hydrogen) atoms. The molecule has 2 rings (SSSR count). The van der Waals surface area contributed by atoms with Crippen LogP contribution in [0, 0.1) is 0 Å². The van der Waals surface area contributed by atoms with Crippen LogP contribution in [0.15, 0.2) is 16.7 Å². The molecule has 0 aromatic carbocycles. The van der Waals surface area contributed by atoms with E-state index in [9.17, 15) is 4.79 Å². The molecule has 1 saturated heterocycles. The second-order valence-corrected chi connectivity index (χ2v) is 3.85. The first-order valence-electron chi connectivity index (χ1n) is 5.36. The van der Waals surface area contributed by atoms with Crippen LogP contribution in [0.25, 0.3) is 0 Å². The summed E-state index contributed by atoms with van der Waals surface area (Å²) in [6, 6.07) is 1.58. The maximum absolute atomic E-state index is 10.7. The summed E-state index contributed by atoms with van der Waals surface area (Å²) in [5, 5.41) is 8.76. The summed E-state index contributed by atoms with van der Waals surface area (Å²) in [6.07, 6.45) is 2.29. The third kappa shape index (κ3) is 2.84. The summed E-state index contributed by atoms with van der Waals surface area (Å²) < 4.78 is 10.5. The van der Waals surface area contributed by atoms with Crippen molar-refractivity contribution in [3.8, 4) is 0 Å². The Bertz CT molecular complexity index is 353. The van der Waals surface area contributed by atoms with Gasteiger partial charge in [-0.15, -0.1) is 0 Å². The second-order valence-electron chi connectivity index (χ2n) is 3.85. The molecule has 0 amide bonds. The molecule has 5 heteroatoms. The number of ether oxygens (including phenoxy) is 1. The molecule has 0 saturated carbocycles. The number of rotatable bonds is 3. The van der Waals surface area contributed by atoms with Crippen molar-refractivity contribution in [1.29, 1.82) is 0 Å². The minimum Gasteiger partial charge on any atom is -0.478 e. The molecule has 0 aliphatic carbocycles. The molecule has 2 heterocycles. The lowest BCUT2D eigenvalue weighted by atomic mass is 10.3. The van der Waals surface area contributed by atoms with Crippen LogP contribution in [-0.4, -0.2) is 42.3 Å². The molecule has 5 nitrogen and oxygen atoms in total. The molecular formula is C11H15NO4. The van der Waals surface area contributed by atoms with Crippen molar-refractivity contribution in [1.82, 2.24) is 4.90 Å². The number of hydrogen-bond acceptors (Lipinski definition) is 4. The third-order valence-electron chi connectivity index (χ3n) is 2.60. The lowest BCUT2D eigenvalue weighted by Crippen LogP contribution is -2.25. The van der Waals surface area contributed by atoms with Gasteiger partial charge in [0.1, 0.15) is 12.0 Å². The van der Waals surface area contributed by atoms with Crippen LogP contribution in [0.2, 0.25) is 0 Å². The number of hydrogen-bond donors (Lipinski definition) is 1. The van der Waals surface area contributed by atoms with Gasteiger partial charge in [-0.1, -0.05) is 0 Å². The van der Waals surface area contributed by atoms with Gasteiger partial charge in [-0.05, 0) is 12.5 Å². The highest BCUT2D eigenvalue weighted by Gasteiger charge is 2.13. The molecule has 0 bridgehead atoms. The molecule has 1 N–H and O–H groups in total. The van der Waals surface area contributed by atoms with Gasteiger partial charge in [0.05, 0.1) is 18.7 Å². The largest absolute Gasteiger partial charge is 0.478 e. The second kappa shape index (κ2) is 5.14. The summed E-state index contributed by atoms with van der Waals surface area (Å²) in [4.78, 5) is 12.9. The number of furan rings is 1. The van der Waals surface area contributed by atoms with Crippen molar-refractivity contribution in [3.63, 3.8) is 0 Å². The van der Waals surface area contributed by atoms with Crippen LogP contribution in [0.5, 0.6) is 0 Å². The minimum absolute atomic E-state index is 0.209. The highest BCUT2D eigenvalue weighted by Crippen LogP contribution is 2.11. The van der Waals surface area contributed by atoms with Crippen LogP contribution in [0.1, 0.15) is 22.5 Å². The monoisotopic (exact) mass is 225 g/mol. The Morgan fingerprint density at radius 3 is 3.06 bits per heavy atom. The van der Waals surface area contributed by atoms with Crippen LogP contribution in [-0.2, 0) is 11.3 Å². The predicted octanol–water partition coefficient (Wildman–Crippen LogP) is 1.20. The third-order valence-corrected chi connectivity index (χ3v) is 2.60. The van der Waals surface area contributed by atoms with Crippen molar-refractivity contribution < 1.29 is 19.1 Å². The Hall–Kier alpha value is -1.33. The molecular weight excluding hydrogens is 210 g/mol. The van der Waals surface area contributed by atoms with E-state index in [4.69, 9.17) is 14.3 Å². The van der Waals surface area contributed by atoms with Gasteiger partial charge in [-0.3, -0.25) is 4.90 Å². The molecule has 0 radical (unpaired) electrons. The Labute approximate surface area is 93.6 Å². The number of nitrogens with zero attached hydrogens (tertiary/aromatic N) is 1. The van der Waals surface area contributed by atoms with Crippen LogP contribution >= 0.6 is 0 Å². The smallest absolute Gasteiger partial charge is 0.338 e. The van der Waals surface area contributed by atoms with Gasteiger partial charge in [0.2, 0.25) is 0 Å². The Balaban J connectivity index is 1.94. The molecule has 1 fully saturated rings. The quantitative estimate of drug-likeness (QED) is 0.837. The number of carboxylic acid groups (broad SMARTS) is 1. The van der Waals surface area contributed by atoms with E-state index in [1.165, 1.54) is 6.26 Å². The lowest BCUT2D eigenvalue weighted by Gasteiger charge is -2.16. The van der Waals surface area contributed by atoms with E-state index in [2.05, 4.69) is 4.90 Å². The Morgan fingerprint density at radius 1 is 1.44 bits per heavy atom. The molecule has 1 aromatic rings. The first kappa shape index (κ1) is 11.2. The highest BCUT2D eigenvalue weighted by molar-refractivity contribution is 5.87. The maximum Gasteiger partial charge on any atom is 0.338 e. The van der Waals surface area contributed by atoms with Gasteiger partial charge in [-0.25, -0.2) is 4.79 Å². The van der Waals surface area contributed by atoms with E-state index >= 15 is 0 Å². The zero-order chi connectivity index (χ0) is 11.4. The van der Waals surface area contributed by atoms with Gasteiger partial charge in [0.25, 0.3) is 0 Å². The van der Waals surface area contributed by atoms with Crippen molar-refractivity contribution >= 4 is 5.97 Å². The van der Waals surface area contributed by atoms with Crippen LogP contribution in [0.3, 0.4) is 0 Å². The topological polar surface area (TPSA) is 62.9 Å². The summed E-state index contributed by atoms with van der Waals surface area (Å²) in [6.45, 7) is 4.00. The average Bonchev–Trinajstić information content (AvgIpc) is 2.56. The summed E-state index contributed by atoms with van der Waals surface area (Å²) in [5.74, 6) is -0.256. The highest BCUT2D eigenvalue weighted by atomic mass is 16.5. The number of carboxylic acids is 1. The molecule has 1 aliphatic rings. The van der Waals surface area contributed by atoms with Gasteiger partial charge in [-0.2, -0.15) is 0 Å². The summed E-state index contributed by atoms with van der Waals surface area (Å²) in [7, 11) is 0. The SMILES string of the molecule is O=C(O)c1coc(CN2CCCOCC2)c1. The zero-order valence-corrected chi connectivity index (χ0v) is 9.02. The average molecular weight is 225 g/mol. The zero-order valence-electron chi connectivity index (χ0n) is 9.02. The fourth-order valence-corrected chi connectivity index (χ4v) is 1.75. The summed E-state index contributed by atoms with van der Waals surface area (Å²) >= 11 is 0. The first-order chi connectivity index (χ1) is 7.75. The minimum atomic E-state index is -0.950. The van der Waals surface area contributed by atoms with Crippen molar-refractivity contribution in [2.75, 3.05) is 26.3 Å². The molecule has 0 unspecified atom stereocenters. The molecule has 1 aliphatic heterocycles. The van der Waals surface area contributed by atoms with Gasteiger partial charge in [0, 0.05) is 19.7 Å². The van der Waals surface area contributed by atoms with E-state index in [0.717, 1.165) is 32.7 Å². The van der Waals surface area contributed by atoms with E-state index in [1.54, 1.807) is 6.07 Å². The number of aromatic carboxylic acids is 1. The first-order valence-corrected chi connectivity index (χ1v) is 5.36. The van der Waals surface area contributed by atoms with Gasteiger partial charge >= 0.3 is 5.97 Å². The van der Waals surface area contributed by atoms with E-state index in [-0.39, 0.29) is 5.56 Å². The van der Waals surface area contributed by atoms with Crippen LogP contribution in [0.4, 0.5) is 0 Å². The fraction of sp³-hybridized carbons (Fsp3) is 0.545. The standard InChI is InChI=1S/C11H15NO4/c13-11(14)9-6-10(16-8-9)7-12-2-1-4-15-5-3-12/h6,8H,1-5,7H2,(H,13,14). The predicted molar refractivity (Wildman–Crippen MR) is 56.4 cm³/mol. The van der Waals surface area contributed by atoms with E-state index < -0.39 is 5.97 Å². The fourth-order valence-electron chi connectivity index (χ4n) is 1.75. The van der Waals surface area contributed by atoms with Crippen molar-refractivity contribution in [2.24, 2.45) is 0 Å². The molecule has 0 atom stereocenters. The molecule has 1 aromatic heterocycles. The molecule has 88 valence electrons. The van der Waals surface area contributed by atoms with Gasteiger partial charge < -0.3 is 14.3 Å². The normalized spacial score (nSPS) is 18.2. The molecule has 0 spiro atoms. The van der Waals surface area contributed by atoms with Crippen LogP contribution < -0.4 is 0 Å². The van der Waals surface area contributed by atoms with E-state index in [0.29, 0.717) is 12.3 Å². The lowest BCUT2D eigenvalue weighted by molar-refractivity contribution is 0.0696. The van der Waals surface area contributed by atoms with Crippen molar-refractivity contribution in [3.05, 3.63) is 23.7 Å².